The first-order valence-corrected chi connectivity index (χ1v) is 6.18. The van der Waals surface area contributed by atoms with Gasteiger partial charge in [-0.05, 0) is 53.7 Å². The number of fused-ring (bicyclic) bond motifs is 2. The lowest BCUT2D eigenvalue weighted by Crippen LogP contribution is -2.45. The highest BCUT2D eigenvalue weighted by molar-refractivity contribution is 9.10. The van der Waals surface area contributed by atoms with Crippen molar-refractivity contribution in [1.82, 2.24) is 9.88 Å². The molecule has 2 heterocycles. The molecule has 16 heavy (non-hydrogen) atoms. The number of carbonyl (C=O) groups excluding carboxylic acids is 1. The molecule has 1 aromatic heterocycles. The minimum atomic E-state index is -0.451. The van der Waals surface area contributed by atoms with Crippen molar-refractivity contribution < 1.29 is 4.79 Å². The van der Waals surface area contributed by atoms with Crippen LogP contribution < -0.4 is 10.9 Å². The van der Waals surface area contributed by atoms with E-state index in [9.17, 15) is 9.59 Å². The first-order valence-electron chi connectivity index (χ1n) is 5.39. The van der Waals surface area contributed by atoms with Crippen LogP contribution in [-0.2, 0) is 5.66 Å². The fourth-order valence-electron chi connectivity index (χ4n) is 2.76. The second-order valence-corrected chi connectivity index (χ2v) is 5.25. The quantitative estimate of drug-likeness (QED) is 0.786. The van der Waals surface area contributed by atoms with Crippen molar-refractivity contribution in [3.8, 4) is 0 Å². The average Bonchev–Trinajstić information content (AvgIpc) is 2.80. The van der Waals surface area contributed by atoms with E-state index in [0.717, 1.165) is 25.7 Å². The Morgan fingerprint density at radius 3 is 2.62 bits per heavy atom. The predicted octanol–water partition coefficient (Wildman–Crippen LogP) is 1.58. The fraction of sp³-hybridized carbons (Fsp3) is 0.455. The Morgan fingerprint density at radius 2 is 1.94 bits per heavy atom. The first-order chi connectivity index (χ1) is 7.64. The number of amides is 1. The lowest BCUT2D eigenvalue weighted by Gasteiger charge is -2.26. The number of pyridine rings is 1. The Hall–Kier alpha value is -1.10. The number of nitrogens with zero attached hydrogens (tertiary/aromatic N) is 1. The van der Waals surface area contributed by atoms with Gasteiger partial charge in [0.25, 0.3) is 11.5 Å². The van der Waals surface area contributed by atoms with Crippen LogP contribution in [0.2, 0.25) is 0 Å². The Kier molecular flexibility index (Phi) is 2.01. The summed E-state index contributed by atoms with van der Waals surface area (Å²) in [5, 5.41) is 2.97. The van der Waals surface area contributed by atoms with Crippen molar-refractivity contribution in [3.05, 3.63) is 32.7 Å². The molecule has 1 saturated carbocycles. The molecule has 1 N–H and O–H groups in total. The maximum absolute atomic E-state index is 12.1. The van der Waals surface area contributed by atoms with E-state index in [1.807, 2.05) is 0 Å². The molecule has 3 rings (SSSR count). The van der Waals surface area contributed by atoms with Gasteiger partial charge in [-0.25, -0.2) is 0 Å². The summed E-state index contributed by atoms with van der Waals surface area (Å²) in [7, 11) is 0. The van der Waals surface area contributed by atoms with E-state index in [0.29, 0.717) is 10.2 Å². The number of hydrogen-bond acceptors (Lipinski definition) is 2. The number of aromatic nitrogens is 1. The van der Waals surface area contributed by atoms with Gasteiger partial charge < -0.3 is 5.32 Å². The molecule has 1 aliphatic heterocycles. The highest BCUT2D eigenvalue weighted by Gasteiger charge is 2.45. The summed E-state index contributed by atoms with van der Waals surface area (Å²) in [6, 6.07) is 3.34. The third-order valence-electron chi connectivity index (χ3n) is 3.47. The molecule has 5 heteroatoms. The normalized spacial score (nSPS) is 21.2. The minimum Gasteiger partial charge on any atom is -0.327 e. The van der Waals surface area contributed by atoms with Crippen LogP contribution in [0, 0.1) is 0 Å². The minimum absolute atomic E-state index is 0.113. The topological polar surface area (TPSA) is 51.1 Å². The first kappa shape index (κ1) is 10.1. The smallest absolute Gasteiger partial charge is 0.269 e. The zero-order valence-electron chi connectivity index (χ0n) is 8.62. The standard InChI is InChI=1S/C11H11BrN2O2/c12-7-3-4-8-9(15)13-11(5-1-2-6-11)14(8)10(7)16/h3-4H,1-2,5-6H2,(H,13,15). The predicted molar refractivity (Wildman–Crippen MR) is 62.3 cm³/mol. The zero-order valence-corrected chi connectivity index (χ0v) is 10.2. The summed E-state index contributed by atoms with van der Waals surface area (Å²) in [6.45, 7) is 0. The van der Waals surface area contributed by atoms with Crippen LogP contribution >= 0.6 is 15.9 Å². The van der Waals surface area contributed by atoms with Gasteiger partial charge in [-0.2, -0.15) is 0 Å². The van der Waals surface area contributed by atoms with Gasteiger partial charge in [-0.3, -0.25) is 14.2 Å². The third kappa shape index (κ3) is 1.15. The van der Waals surface area contributed by atoms with Gasteiger partial charge in [0.15, 0.2) is 0 Å². The van der Waals surface area contributed by atoms with Crippen LogP contribution in [-0.4, -0.2) is 10.5 Å². The number of halogens is 1. The van der Waals surface area contributed by atoms with E-state index in [-0.39, 0.29) is 11.5 Å². The fourth-order valence-corrected chi connectivity index (χ4v) is 3.07. The van der Waals surface area contributed by atoms with Crippen molar-refractivity contribution >= 4 is 21.8 Å². The Bertz CT molecular complexity index is 529. The molecule has 84 valence electrons. The lowest BCUT2D eigenvalue weighted by atomic mass is 10.1. The van der Waals surface area contributed by atoms with Crippen LogP contribution in [0.15, 0.2) is 21.4 Å². The molecule has 1 aromatic rings. The number of hydrogen-bond donors (Lipinski definition) is 1. The van der Waals surface area contributed by atoms with Crippen LogP contribution in [0.3, 0.4) is 0 Å². The maximum atomic E-state index is 12.1. The summed E-state index contributed by atoms with van der Waals surface area (Å²) in [5.41, 5.74) is -0.0827. The lowest BCUT2D eigenvalue weighted by molar-refractivity contribution is 0.0920. The molecule has 0 unspecified atom stereocenters. The molecular formula is C11H11BrN2O2. The van der Waals surface area contributed by atoms with Gasteiger partial charge in [-0.15, -0.1) is 0 Å². The van der Waals surface area contributed by atoms with Crippen molar-refractivity contribution in [2.45, 2.75) is 31.3 Å². The van der Waals surface area contributed by atoms with Crippen LogP contribution in [0.5, 0.6) is 0 Å². The van der Waals surface area contributed by atoms with Crippen LogP contribution in [0.25, 0.3) is 0 Å². The summed E-state index contributed by atoms with van der Waals surface area (Å²) in [6.07, 6.45) is 3.81. The highest BCUT2D eigenvalue weighted by atomic mass is 79.9. The van der Waals surface area contributed by atoms with Gasteiger partial charge in [-0.1, -0.05) is 0 Å². The van der Waals surface area contributed by atoms with E-state index < -0.39 is 5.66 Å². The van der Waals surface area contributed by atoms with Gasteiger partial charge in [0.05, 0.1) is 4.47 Å². The van der Waals surface area contributed by atoms with Crippen molar-refractivity contribution in [2.75, 3.05) is 0 Å². The van der Waals surface area contributed by atoms with Gasteiger partial charge in [0, 0.05) is 0 Å². The molecule has 1 aliphatic carbocycles. The molecule has 0 aromatic carbocycles. The summed E-state index contributed by atoms with van der Waals surface area (Å²) >= 11 is 3.23. The summed E-state index contributed by atoms with van der Waals surface area (Å²) in [4.78, 5) is 23.9. The average molecular weight is 283 g/mol. The third-order valence-corrected chi connectivity index (χ3v) is 4.08. The summed E-state index contributed by atoms with van der Waals surface area (Å²) in [5.74, 6) is -0.133. The molecule has 0 atom stereocenters. The van der Waals surface area contributed by atoms with E-state index >= 15 is 0 Å². The molecule has 0 bridgehead atoms. The molecule has 1 amide bonds. The van der Waals surface area contributed by atoms with Crippen LogP contribution in [0.4, 0.5) is 0 Å². The van der Waals surface area contributed by atoms with Gasteiger partial charge in [0.1, 0.15) is 11.4 Å². The molecule has 0 radical (unpaired) electrons. The molecular weight excluding hydrogens is 272 g/mol. The SMILES string of the molecule is O=C1NC2(CCCC2)n2c1ccc(Br)c2=O. The highest BCUT2D eigenvalue weighted by Crippen LogP contribution is 2.37. The Labute approximate surface area is 101 Å². The Balaban J connectivity index is 2.30. The second-order valence-electron chi connectivity index (χ2n) is 4.40. The van der Waals surface area contributed by atoms with Crippen molar-refractivity contribution in [2.24, 2.45) is 0 Å². The molecule has 0 saturated heterocycles. The maximum Gasteiger partial charge on any atom is 0.269 e. The van der Waals surface area contributed by atoms with Crippen LogP contribution in [0.1, 0.15) is 36.2 Å². The molecule has 1 fully saturated rings. The second kappa shape index (κ2) is 3.20. The van der Waals surface area contributed by atoms with Crippen molar-refractivity contribution in [1.29, 1.82) is 0 Å². The van der Waals surface area contributed by atoms with E-state index in [4.69, 9.17) is 0 Å². The summed E-state index contributed by atoms with van der Waals surface area (Å²) < 4.78 is 2.14. The van der Waals surface area contributed by atoms with E-state index in [2.05, 4.69) is 21.2 Å². The van der Waals surface area contributed by atoms with E-state index in [1.165, 1.54) is 0 Å². The number of carbonyl (C=O) groups is 1. The van der Waals surface area contributed by atoms with Crippen molar-refractivity contribution in [3.63, 3.8) is 0 Å². The Morgan fingerprint density at radius 1 is 1.25 bits per heavy atom. The number of nitrogens with one attached hydrogen (secondary N) is 1. The van der Waals surface area contributed by atoms with E-state index in [1.54, 1.807) is 16.7 Å². The molecule has 4 nitrogen and oxygen atoms in total. The molecule has 1 spiro atoms. The zero-order chi connectivity index (χ0) is 11.3. The van der Waals surface area contributed by atoms with Gasteiger partial charge >= 0.3 is 0 Å². The number of rotatable bonds is 0. The van der Waals surface area contributed by atoms with Gasteiger partial charge in [0.2, 0.25) is 0 Å². The largest absolute Gasteiger partial charge is 0.327 e. The molecule has 2 aliphatic rings. The monoisotopic (exact) mass is 282 g/mol.